The molecule has 0 spiro atoms. The van der Waals surface area contributed by atoms with Gasteiger partial charge in [-0.05, 0) is 18.2 Å². The molecule has 0 radical (unpaired) electrons. The molecule has 16 heavy (non-hydrogen) atoms. The Morgan fingerprint density at radius 2 is 2.00 bits per heavy atom. The summed E-state index contributed by atoms with van der Waals surface area (Å²) < 4.78 is 0. The number of halogens is 1. The predicted molar refractivity (Wildman–Crippen MR) is 63.1 cm³/mol. The van der Waals surface area contributed by atoms with Gasteiger partial charge in [-0.15, -0.1) is 0 Å². The van der Waals surface area contributed by atoms with E-state index in [-0.39, 0.29) is 11.2 Å². The van der Waals surface area contributed by atoms with Crippen LogP contribution >= 0.6 is 11.6 Å². The number of nitrogens with zero attached hydrogens (tertiary/aromatic N) is 1. The van der Waals surface area contributed by atoms with Gasteiger partial charge in [0.2, 0.25) is 0 Å². The number of benzene rings is 1. The van der Waals surface area contributed by atoms with Crippen molar-refractivity contribution in [1.29, 1.82) is 0 Å². The fourth-order valence-electron chi connectivity index (χ4n) is 1.28. The third kappa shape index (κ3) is 2.05. The van der Waals surface area contributed by atoms with E-state index in [0.29, 0.717) is 10.7 Å². The van der Waals surface area contributed by atoms with E-state index >= 15 is 0 Å². The Kier molecular flexibility index (Phi) is 2.89. The molecule has 2 aromatic rings. The van der Waals surface area contributed by atoms with Gasteiger partial charge in [0.15, 0.2) is 0 Å². The molecule has 0 aliphatic carbocycles. The summed E-state index contributed by atoms with van der Waals surface area (Å²) in [6, 6.07) is 8.69. The molecule has 82 valence electrons. The smallest absolute Gasteiger partial charge is 0.288 e. The lowest BCUT2D eigenvalue weighted by atomic mass is 10.1. The standard InChI is InChI=1S/C10H9ClN4O/c11-7-3-1-6(2-4-7)8-5-9(13-12)10(16)15-14-8/h1-5H,12H2,(H,13,14)(H,15,16). The maximum Gasteiger partial charge on any atom is 0.288 e. The lowest BCUT2D eigenvalue weighted by Gasteiger charge is -2.02. The second kappa shape index (κ2) is 4.34. The van der Waals surface area contributed by atoms with Crippen LogP contribution in [-0.2, 0) is 0 Å². The van der Waals surface area contributed by atoms with E-state index in [4.69, 9.17) is 17.4 Å². The molecule has 0 bridgehead atoms. The van der Waals surface area contributed by atoms with E-state index < -0.39 is 0 Å². The van der Waals surface area contributed by atoms with Crippen molar-refractivity contribution in [3.05, 3.63) is 45.7 Å². The van der Waals surface area contributed by atoms with E-state index in [1.807, 2.05) is 12.1 Å². The van der Waals surface area contributed by atoms with Crippen molar-refractivity contribution in [2.45, 2.75) is 0 Å². The number of hydrogen-bond acceptors (Lipinski definition) is 4. The summed E-state index contributed by atoms with van der Waals surface area (Å²) in [5, 5.41) is 6.91. The third-order valence-corrected chi connectivity index (χ3v) is 2.35. The molecule has 0 atom stereocenters. The van der Waals surface area contributed by atoms with Gasteiger partial charge < -0.3 is 5.43 Å². The van der Waals surface area contributed by atoms with Gasteiger partial charge in [-0.1, -0.05) is 23.7 Å². The molecule has 0 aliphatic rings. The number of hydrazine groups is 1. The average Bonchev–Trinajstić information content (AvgIpc) is 2.31. The van der Waals surface area contributed by atoms with Crippen LogP contribution in [0.2, 0.25) is 5.02 Å². The Balaban J connectivity index is 2.48. The van der Waals surface area contributed by atoms with E-state index in [2.05, 4.69) is 15.6 Å². The number of nitrogens with one attached hydrogen (secondary N) is 2. The van der Waals surface area contributed by atoms with Crippen LogP contribution in [0.4, 0.5) is 5.69 Å². The Bertz CT molecular complexity index is 549. The molecule has 0 amide bonds. The van der Waals surface area contributed by atoms with Gasteiger partial charge in [-0.3, -0.25) is 10.6 Å². The average molecular weight is 237 g/mol. The van der Waals surface area contributed by atoms with Gasteiger partial charge in [-0.25, -0.2) is 5.10 Å². The van der Waals surface area contributed by atoms with Crippen LogP contribution in [0.5, 0.6) is 0 Å². The zero-order valence-corrected chi connectivity index (χ0v) is 8.95. The van der Waals surface area contributed by atoms with E-state index in [0.717, 1.165) is 5.56 Å². The van der Waals surface area contributed by atoms with E-state index in [1.165, 1.54) is 0 Å². The Labute approximate surface area is 96.2 Å². The van der Waals surface area contributed by atoms with Crippen LogP contribution in [-0.4, -0.2) is 10.2 Å². The van der Waals surface area contributed by atoms with Gasteiger partial charge in [-0.2, -0.15) is 5.10 Å². The number of aromatic amines is 1. The summed E-state index contributed by atoms with van der Waals surface area (Å²) in [7, 11) is 0. The number of rotatable bonds is 2. The van der Waals surface area contributed by atoms with Crippen LogP contribution in [0.25, 0.3) is 11.3 Å². The molecule has 0 saturated heterocycles. The molecule has 1 aromatic carbocycles. The van der Waals surface area contributed by atoms with Gasteiger partial charge in [0.05, 0.1) is 5.69 Å². The van der Waals surface area contributed by atoms with E-state index in [1.54, 1.807) is 18.2 Å². The molecule has 4 N–H and O–H groups in total. The summed E-state index contributed by atoms with van der Waals surface area (Å²) in [4.78, 5) is 11.2. The maximum atomic E-state index is 11.2. The van der Waals surface area contributed by atoms with Crippen molar-refractivity contribution < 1.29 is 0 Å². The minimum absolute atomic E-state index is 0.264. The van der Waals surface area contributed by atoms with Crippen molar-refractivity contribution in [3.8, 4) is 11.3 Å². The largest absolute Gasteiger partial charge is 0.319 e. The number of nitrogens with two attached hydrogens (primary N) is 1. The van der Waals surface area contributed by atoms with Crippen LogP contribution in [0.3, 0.4) is 0 Å². The van der Waals surface area contributed by atoms with Crippen molar-refractivity contribution >= 4 is 17.3 Å². The first-order chi connectivity index (χ1) is 7.70. The van der Waals surface area contributed by atoms with Gasteiger partial charge in [0.25, 0.3) is 5.56 Å². The normalized spacial score (nSPS) is 10.1. The quantitative estimate of drug-likeness (QED) is 0.543. The number of aromatic nitrogens is 2. The SMILES string of the molecule is NNc1cc(-c2ccc(Cl)cc2)n[nH]c1=O. The minimum Gasteiger partial charge on any atom is -0.319 e. The van der Waals surface area contributed by atoms with Crippen LogP contribution in [0.1, 0.15) is 0 Å². The third-order valence-electron chi connectivity index (χ3n) is 2.10. The van der Waals surface area contributed by atoms with E-state index in [9.17, 15) is 4.79 Å². The second-order valence-corrected chi connectivity index (χ2v) is 3.58. The molecule has 0 aliphatic heterocycles. The first kappa shape index (κ1) is 10.7. The first-order valence-electron chi connectivity index (χ1n) is 4.53. The molecule has 0 unspecified atom stereocenters. The molecule has 2 rings (SSSR count). The Morgan fingerprint density at radius 1 is 1.31 bits per heavy atom. The second-order valence-electron chi connectivity index (χ2n) is 3.15. The summed E-state index contributed by atoms with van der Waals surface area (Å²) >= 11 is 5.77. The van der Waals surface area contributed by atoms with Crippen molar-refractivity contribution in [3.63, 3.8) is 0 Å². The number of anilines is 1. The van der Waals surface area contributed by atoms with Crippen LogP contribution < -0.4 is 16.8 Å². The molecule has 5 nitrogen and oxygen atoms in total. The zero-order chi connectivity index (χ0) is 11.5. The monoisotopic (exact) mass is 236 g/mol. The minimum atomic E-state index is -0.361. The van der Waals surface area contributed by atoms with Crippen molar-refractivity contribution in [1.82, 2.24) is 10.2 Å². The summed E-state index contributed by atoms with van der Waals surface area (Å²) in [6.07, 6.45) is 0. The maximum absolute atomic E-state index is 11.2. The van der Waals surface area contributed by atoms with Crippen molar-refractivity contribution in [2.24, 2.45) is 5.84 Å². The Morgan fingerprint density at radius 3 is 2.62 bits per heavy atom. The molecule has 1 aromatic heterocycles. The lowest BCUT2D eigenvalue weighted by molar-refractivity contribution is 0.992. The highest BCUT2D eigenvalue weighted by Gasteiger charge is 2.03. The number of nitrogen functional groups attached to an aromatic ring is 1. The van der Waals surface area contributed by atoms with Crippen LogP contribution in [0, 0.1) is 0 Å². The number of H-pyrrole nitrogens is 1. The highest BCUT2D eigenvalue weighted by molar-refractivity contribution is 6.30. The lowest BCUT2D eigenvalue weighted by Crippen LogP contribution is -2.19. The summed E-state index contributed by atoms with van der Waals surface area (Å²) in [5.74, 6) is 5.20. The molecule has 1 heterocycles. The number of hydrogen-bond donors (Lipinski definition) is 3. The highest BCUT2D eigenvalue weighted by Crippen LogP contribution is 2.19. The van der Waals surface area contributed by atoms with Gasteiger partial charge in [0.1, 0.15) is 5.69 Å². The molecule has 6 heteroatoms. The summed E-state index contributed by atoms with van der Waals surface area (Å²) in [6.45, 7) is 0. The fourth-order valence-corrected chi connectivity index (χ4v) is 1.41. The van der Waals surface area contributed by atoms with Gasteiger partial charge >= 0.3 is 0 Å². The van der Waals surface area contributed by atoms with Gasteiger partial charge in [0, 0.05) is 10.6 Å². The predicted octanol–water partition coefficient (Wildman–Crippen LogP) is 1.38. The molecule has 0 fully saturated rings. The zero-order valence-electron chi connectivity index (χ0n) is 8.20. The molecular formula is C10H9ClN4O. The highest BCUT2D eigenvalue weighted by atomic mass is 35.5. The Hall–Kier alpha value is -1.85. The van der Waals surface area contributed by atoms with Crippen molar-refractivity contribution in [2.75, 3.05) is 5.43 Å². The summed E-state index contributed by atoms with van der Waals surface area (Å²) in [5.41, 5.74) is 3.67. The molecular weight excluding hydrogens is 228 g/mol. The van der Waals surface area contributed by atoms with Crippen LogP contribution in [0.15, 0.2) is 35.1 Å². The fraction of sp³-hybridized carbons (Fsp3) is 0. The topological polar surface area (TPSA) is 83.8 Å². The first-order valence-corrected chi connectivity index (χ1v) is 4.91. The molecule has 0 saturated carbocycles.